The standard InChI is InChI=1S/C14H23N3O3/c15-10-6-14(4-1-5-14)17(8-10)12(18)9-2-3-11(13(19)20)16-7-9/h9-11,16H,1-8,15H2,(H,19,20). The van der Waals surface area contributed by atoms with Gasteiger partial charge >= 0.3 is 5.97 Å². The smallest absolute Gasteiger partial charge is 0.320 e. The number of amides is 1. The van der Waals surface area contributed by atoms with Gasteiger partial charge in [0.05, 0.1) is 5.92 Å². The van der Waals surface area contributed by atoms with Gasteiger partial charge in [-0.15, -0.1) is 0 Å². The second-order valence-electron chi connectivity index (χ2n) is 6.56. The molecule has 0 aromatic carbocycles. The minimum absolute atomic E-state index is 0.0279. The van der Waals surface area contributed by atoms with E-state index >= 15 is 0 Å². The predicted molar refractivity (Wildman–Crippen MR) is 73.0 cm³/mol. The molecule has 0 radical (unpaired) electrons. The van der Waals surface area contributed by atoms with Gasteiger partial charge in [-0.25, -0.2) is 0 Å². The van der Waals surface area contributed by atoms with E-state index in [0.717, 1.165) is 19.3 Å². The number of hydrogen-bond donors (Lipinski definition) is 3. The van der Waals surface area contributed by atoms with Crippen molar-refractivity contribution in [3.63, 3.8) is 0 Å². The molecule has 1 aliphatic carbocycles. The fourth-order valence-corrected chi connectivity index (χ4v) is 3.97. The van der Waals surface area contributed by atoms with Crippen LogP contribution in [0.5, 0.6) is 0 Å². The van der Waals surface area contributed by atoms with E-state index in [-0.39, 0.29) is 23.4 Å². The third kappa shape index (κ3) is 2.20. The van der Waals surface area contributed by atoms with Gasteiger partial charge in [-0.1, -0.05) is 0 Å². The maximum absolute atomic E-state index is 12.7. The number of hydrogen-bond acceptors (Lipinski definition) is 4. The molecule has 1 spiro atoms. The summed E-state index contributed by atoms with van der Waals surface area (Å²) < 4.78 is 0. The number of likely N-dealkylation sites (tertiary alicyclic amines) is 1. The zero-order chi connectivity index (χ0) is 14.3. The van der Waals surface area contributed by atoms with Crippen molar-refractivity contribution in [2.45, 2.75) is 56.1 Å². The van der Waals surface area contributed by atoms with E-state index in [1.54, 1.807) is 0 Å². The van der Waals surface area contributed by atoms with Crippen molar-refractivity contribution >= 4 is 11.9 Å². The predicted octanol–water partition coefficient (Wildman–Crippen LogP) is -0.0785. The molecular weight excluding hydrogens is 258 g/mol. The Hall–Kier alpha value is -1.14. The first-order valence-electron chi connectivity index (χ1n) is 7.55. The lowest BCUT2D eigenvalue weighted by Crippen LogP contribution is -2.56. The van der Waals surface area contributed by atoms with Gasteiger partial charge in [-0.2, -0.15) is 0 Å². The fourth-order valence-electron chi connectivity index (χ4n) is 3.97. The van der Waals surface area contributed by atoms with E-state index in [4.69, 9.17) is 10.8 Å². The van der Waals surface area contributed by atoms with Crippen LogP contribution in [0.2, 0.25) is 0 Å². The molecule has 4 N–H and O–H groups in total. The topological polar surface area (TPSA) is 95.7 Å². The summed E-state index contributed by atoms with van der Waals surface area (Å²) in [7, 11) is 0. The van der Waals surface area contributed by atoms with Crippen LogP contribution in [0.4, 0.5) is 0 Å². The molecule has 3 fully saturated rings. The lowest BCUT2D eigenvalue weighted by molar-refractivity contribution is -0.146. The van der Waals surface area contributed by atoms with Crippen LogP contribution in [-0.4, -0.2) is 52.6 Å². The van der Waals surface area contributed by atoms with E-state index in [0.29, 0.717) is 25.9 Å². The van der Waals surface area contributed by atoms with Crippen LogP contribution >= 0.6 is 0 Å². The molecule has 6 heteroatoms. The summed E-state index contributed by atoms with van der Waals surface area (Å²) >= 11 is 0. The first-order chi connectivity index (χ1) is 9.52. The molecular formula is C14H23N3O3. The summed E-state index contributed by atoms with van der Waals surface area (Å²) in [6, 6.07) is -0.403. The average molecular weight is 281 g/mol. The molecule has 3 atom stereocenters. The molecule has 0 aromatic heterocycles. The summed E-state index contributed by atoms with van der Waals surface area (Å²) in [5, 5.41) is 11.9. The van der Waals surface area contributed by atoms with Gasteiger partial charge in [0, 0.05) is 24.7 Å². The van der Waals surface area contributed by atoms with Gasteiger partial charge in [-0.3, -0.25) is 9.59 Å². The highest BCUT2D eigenvalue weighted by Gasteiger charge is 2.51. The minimum atomic E-state index is -0.824. The Morgan fingerprint density at radius 3 is 2.55 bits per heavy atom. The number of carbonyl (C=O) groups is 2. The maximum Gasteiger partial charge on any atom is 0.320 e. The van der Waals surface area contributed by atoms with Crippen LogP contribution in [0.3, 0.4) is 0 Å². The quantitative estimate of drug-likeness (QED) is 0.658. The van der Waals surface area contributed by atoms with Crippen molar-refractivity contribution in [2.75, 3.05) is 13.1 Å². The third-order valence-corrected chi connectivity index (χ3v) is 5.24. The average Bonchev–Trinajstić information content (AvgIpc) is 2.76. The number of carboxylic acid groups (broad SMARTS) is 1. The molecule has 0 bridgehead atoms. The van der Waals surface area contributed by atoms with Crippen LogP contribution in [0, 0.1) is 5.92 Å². The van der Waals surface area contributed by atoms with E-state index in [1.165, 1.54) is 6.42 Å². The Morgan fingerprint density at radius 1 is 1.30 bits per heavy atom. The lowest BCUT2D eigenvalue weighted by atomic mass is 9.74. The van der Waals surface area contributed by atoms with E-state index in [1.807, 2.05) is 4.90 Å². The normalized spacial score (nSPS) is 35.9. The second kappa shape index (κ2) is 5.00. The second-order valence-corrected chi connectivity index (χ2v) is 6.56. The van der Waals surface area contributed by atoms with Crippen molar-refractivity contribution < 1.29 is 14.7 Å². The molecule has 0 aromatic rings. The number of piperidine rings is 1. The number of aliphatic carboxylic acids is 1. The van der Waals surface area contributed by atoms with Crippen LogP contribution in [0.15, 0.2) is 0 Å². The van der Waals surface area contributed by atoms with Gasteiger partial charge in [0.2, 0.25) is 5.91 Å². The highest BCUT2D eigenvalue weighted by atomic mass is 16.4. The van der Waals surface area contributed by atoms with E-state index < -0.39 is 12.0 Å². The van der Waals surface area contributed by atoms with Crippen molar-refractivity contribution in [3.05, 3.63) is 0 Å². The fraction of sp³-hybridized carbons (Fsp3) is 0.857. The molecule has 3 rings (SSSR count). The molecule has 3 unspecified atom stereocenters. The van der Waals surface area contributed by atoms with Crippen LogP contribution < -0.4 is 11.1 Å². The lowest BCUT2D eigenvalue weighted by Gasteiger charge is -2.47. The Bertz CT molecular complexity index is 414. The summed E-state index contributed by atoms with van der Waals surface area (Å²) in [5.41, 5.74) is 6.08. The Morgan fingerprint density at radius 2 is 2.05 bits per heavy atom. The molecule has 2 saturated heterocycles. The van der Waals surface area contributed by atoms with E-state index in [2.05, 4.69) is 5.32 Å². The summed E-state index contributed by atoms with van der Waals surface area (Å²) in [6.45, 7) is 1.13. The molecule has 112 valence electrons. The van der Waals surface area contributed by atoms with Crippen molar-refractivity contribution in [2.24, 2.45) is 11.7 Å². The zero-order valence-electron chi connectivity index (χ0n) is 11.7. The third-order valence-electron chi connectivity index (χ3n) is 5.24. The molecule has 1 amide bonds. The maximum atomic E-state index is 12.7. The number of nitrogens with two attached hydrogens (primary N) is 1. The monoisotopic (exact) mass is 281 g/mol. The van der Waals surface area contributed by atoms with Crippen LogP contribution in [0.1, 0.15) is 38.5 Å². The van der Waals surface area contributed by atoms with Crippen molar-refractivity contribution in [1.29, 1.82) is 0 Å². The number of rotatable bonds is 2. The van der Waals surface area contributed by atoms with Crippen LogP contribution in [-0.2, 0) is 9.59 Å². The molecule has 2 heterocycles. The number of nitrogens with one attached hydrogen (secondary N) is 1. The van der Waals surface area contributed by atoms with Gasteiger partial charge < -0.3 is 21.1 Å². The number of carbonyl (C=O) groups excluding carboxylic acids is 1. The van der Waals surface area contributed by atoms with Gasteiger partial charge in [-0.05, 0) is 38.5 Å². The van der Waals surface area contributed by atoms with Gasteiger partial charge in [0.1, 0.15) is 6.04 Å². The van der Waals surface area contributed by atoms with Crippen molar-refractivity contribution in [1.82, 2.24) is 10.2 Å². The zero-order valence-corrected chi connectivity index (χ0v) is 11.7. The van der Waals surface area contributed by atoms with Gasteiger partial charge in [0.25, 0.3) is 0 Å². The Kier molecular flexibility index (Phi) is 3.46. The van der Waals surface area contributed by atoms with Gasteiger partial charge in [0.15, 0.2) is 0 Å². The molecule has 2 aliphatic heterocycles. The number of nitrogens with zero attached hydrogens (tertiary/aromatic N) is 1. The van der Waals surface area contributed by atoms with E-state index in [9.17, 15) is 9.59 Å². The Labute approximate surface area is 118 Å². The molecule has 20 heavy (non-hydrogen) atoms. The summed E-state index contributed by atoms with van der Waals surface area (Å²) in [4.78, 5) is 25.6. The minimum Gasteiger partial charge on any atom is -0.480 e. The molecule has 6 nitrogen and oxygen atoms in total. The van der Waals surface area contributed by atoms with Crippen molar-refractivity contribution in [3.8, 4) is 0 Å². The first-order valence-corrected chi connectivity index (χ1v) is 7.55. The SMILES string of the molecule is NC1CN(C(=O)C2CCC(C(=O)O)NC2)C2(CCC2)C1. The summed E-state index contributed by atoms with van der Waals surface area (Å²) in [6.07, 6.45) is 5.44. The Balaban J connectivity index is 1.63. The van der Waals surface area contributed by atoms with Crippen LogP contribution in [0.25, 0.3) is 0 Å². The highest BCUT2D eigenvalue weighted by molar-refractivity contribution is 5.81. The number of carboxylic acids is 1. The largest absolute Gasteiger partial charge is 0.480 e. The molecule has 3 aliphatic rings. The summed E-state index contributed by atoms with van der Waals surface area (Å²) in [5.74, 6) is -0.739. The first kappa shape index (κ1) is 13.8. The molecule has 1 saturated carbocycles. The highest BCUT2D eigenvalue weighted by Crippen LogP contribution is 2.45.